The number of anilines is 1. The summed E-state index contributed by atoms with van der Waals surface area (Å²) >= 11 is 0. The van der Waals surface area contributed by atoms with Crippen LogP contribution in [0.15, 0.2) is 12.1 Å². The Hall–Kier alpha value is -3.15. The first-order valence-corrected chi connectivity index (χ1v) is 11.2. The second-order valence-corrected chi connectivity index (χ2v) is 10.3. The van der Waals surface area contributed by atoms with Gasteiger partial charge in [0.05, 0.1) is 24.1 Å². The fourth-order valence-electron chi connectivity index (χ4n) is 6.41. The molecule has 1 aromatic carbocycles. The van der Waals surface area contributed by atoms with Crippen molar-refractivity contribution in [3.8, 4) is 5.75 Å². The predicted molar refractivity (Wildman–Crippen MR) is 122 cm³/mol. The van der Waals surface area contributed by atoms with Gasteiger partial charge in [0.2, 0.25) is 5.91 Å². The van der Waals surface area contributed by atoms with Gasteiger partial charge in [0.15, 0.2) is 34.7 Å². The van der Waals surface area contributed by atoms with Crippen molar-refractivity contribution in [3.63, 3.8) is 0 Å². The summed E-state index contributed by atoms with van der Waals surface area (Å²) in [5.41, 5.74) is 1.94. The number of amides is 1. The Morgan fingerprint density at radius 3 is 2.26 bits per heavy atom. The first-order valence-electron chi connectivity index (χ1n) is 11.2. The monoisotopic (exact) mass is 487 g/mol. The van der Waals surface area contributed by atoms with Crippen LogP contribution in [0.25, 0.3) is 0 Å². The lowest BCUT2D eigenvalue weighted by Crippen LogP contribution is -2.76. The maximum absolute atomic E-state index is 13.9. The predicted octanol–water partition coefficient (Wildman–Crippen LogP) is -1.70. The van der Waals surface area contributed by atoms with E-state index in [9.17, 15) is 39.3 Å². The number of hydrogen-bond acceptors (Lipinski definition) is 10. The number of rotatable bonds is 4. The number of hydrogen-bond donors (Lipinski definition) is 4. The molecule has 0 bridgehead atoms. The van der Waals surface area contributed by atoms with Crippen LogP contribution < -0.4 is 10.6 Å². The Morgan fingerprint density at radius 2 is 1.74 bits per heavy atom. The molecule has 11 nitrogen and oxygen atoms in total. The summed E-state index contributed by atoms with van der Waals surface area (Å²) in [7, 11) is 6.49. The molecule has 2 fully saturated rings. The topological polar surface area (TPSA) is 179 Å². The Kier molecular flexibility index (Phi) is 5.66. The number of carbonyl (C=O) groups excluding carboxylic acids is 5. The number of primary amides is 1. The van der Waals surface area contributed by atoms with E-state index in [1.807, 2.05) is 0 Å². The number of benzene rings is 1. The van der Waals surface area contributed by atoms with Crippen molar-refractivity contribution in [3.05, 3.63) is 23.3 Å². The second kappa shape index (κ2) is 7.94. The lowest BCUT2D eigenvalue weighted by molar-refractivity contribution is -0.188. The molecule has 188 valence electrons. The molecule has 0 saturated heterocycles. The zero-order chi connectivity index (χ0) is 26.2. The maximum Gasteiger partial charge on any atom is 0.235 e. The number of aromatic hydroxyl groups is 1. The maximum atomic E-state index is 13.9. The van der Waals surface area contributed by atoms with Gasteiger partial charge in [-0.05, 0) is 44.6 Å². The first kappa shape index (κ1) is 25.0. The Bertz CT molecular complexity index is 1180. The molecule has 2 saturated carbocycles. The highest BCUT2D eigenvalue weighted by molar-refractivity contribution is 6.32. The number of Topliss-reactive ketones (excluding diaryl/α,β-unsaturated/α-hetero) is 4. The molecule has 4 rings (SSSR count). The zero-order valence-corrected chi connectivity index (χ0v) is 19.9. The van der Waals surface area contributed by atoms with Crippen LogP contribution in [0.2, 0.25) is 0 Å². The van der Waals surface area contributed by atoms with Crippen LogP contribution in [-0.4, -0.2) is 95.7 Å². The third kappa shape index (κ3) is 3.11. The van der Waals surface area contributed by atoms with E-state index in [1.165, 1.54) is 25.1 Å². The molecule has 0 radical (unpaired) electrons. The Labute approximate surface area is 201 Å². The van der Waals surface area contributed by atoms with Gasteiger partial charge in [-0.25, -0.2) is 0 Å². The van der Waals surface area contributed by atoms with Gasteiger partial charge in [-0.1, -0.05) is 0 Å². The Morgan fingerprint density at radius 1 is 1.11 bits per heavy atom. The summed E-state index contributed by atoms with van der Waals surface area (Å²) in [5.74, 6) is -10.9. The Balaban J connectivity index is 1.98. The van der Waals surface area contributed by atoms with Gasteiger partial charge in [-0.3, -0.25) is 28.9 Å². The van der Waals surface area contributed by atoms with Gasteiger partial charge in [-0.2, -0.15) is 0 Å². The molecule has 2 unspecified atom stereocenters. The molecule has 6 atom stereocenters. The molecular weight excluding hydrogens is 458 g/mol. The summed E-state index contributed by atoms with van der Waals surface area (Å²) in [6.07, 6.45) is -0.243. The molecule has 11 heteroatoms. The number of ketones is 4. The van der Waals surface area contributed by atoms with Crippen LogP contribution in [0.5, 0.6) is 5.75 Å². The molecule has 3 aliphatic rings. The highest BCUT2D eigenvalue weighted by Crippen LogP contribution is 2.57. The van der Waals surface area contributed by atoms with E-state index in [0.29, 0.717) is 11.3 Å². The van der Waals surface area contributed by atoms with E-state index in [2.05, 4.69) is 0 Å². The smallest absolute Gasteiger partial charge is 0.235 e. The lowest BCUT2D eigenvalue weighted by Gasteiger charge is -2.56. The van der Waals surface area contributed by atoms with Crippen molar-refractivity contribution in [1.29, 1.82) is 0 Å². The van der Waals surface area contributed by atoms with Crippen LogP contribution in [0, 0.1) is 23.2 Å². The summed E-state index contributed by atoms with van der Waals surface area (Å²) < 4.78 is 0. The van der Waals surface area contributed by atoms with Gasteiger partial charge in [0, 0.05) is 31.1 Å². The van der Waals surface area contributed by atoms with E-state index in [-0.39, 0.29) is 24.2 Å². The van der Waals surface area contributed by atoms with Crippen LogP contribution in [-0.2, 0) is 25.6 Å². The summed E-state index contributed by atoms with van der Waals surface area (Å²) in [5, 5.41) is 32.7. The van der Waals surface area contributed by atoms with E-state index in [1.54, 1.807) is 25.1 Å². The quantitative estimate of drug-likeness (QED) is 0.358. The van der Waals surface area contributed by atoms with E-state index in [4.69, 9.17) is 5.73 Å². The van der Waals surface area contributed by atoms with Crippen LogP contribution in [0.1, 0.15) is 22.3 Å². The number of aliphatic hydroxyl groups is 2. The van der Waals surface area contributed by atoms with E-state index in [0.717, 1.165) is 0 Å². The van der Waals surface area contributed by atoms with Crippen LogP contribution >= 0.6 is 0 Å². The van der Waals surface area contributed by atoms with Crippen molar-refractivity contribution in [2.75, 3.05) is 39.7 Å². The number of carbonyl (C=O) groups is 5. The molecule has 0 aromatic heterocycles. The number of fused-ring (bicyclic) bond motifs is 3. The third-order valence-electron chi connectivity index (χ3n) is 7.95. The van der Waals surface area contributed by atoms with Crippen molar-refractivity contribution >= 4 is 34.7 Å². The third-order valence-corrected chi connectivity index (χ3v) is 7.95. The SMILES string of the molecule is CN(C)c1ccc(O)c2c1C[C@@]1(CO)C[C@H]3[C@H](N(C)C)C(=O)C(C(N)=O)C(=O)[C@@]3(O)C(=O)C1C2=O. The molecule has 0 spiro atoms. The normalized spacial score (nSPS) is 34.4. The fraction of sp³-hybridized carbons (Fsp3) is 0.542. The average Bonchev–Trinajstić information content (AvgIpc) is 2.75. The molecule has 0 heterocycles. The number of nitrogens with two attached hydrogens (primary N) is 1. The number of phenolic OH excluding ortho intramolecular Hbond substituents is 1. The molecular formula is C24H29N3O8. The van der Waals surface area contributed by atoms with Gasteiger partial charge in [0.25, 0.3) is 0 Å². The summed E-state index contributed by atoms with van der Waals surface area (Å²) in [4.78, 5) is 69.3. The largest absolute Gasteiger partial charge is 0.507 e. The van der Waals surface area contributed by atoms with Gasteiger partial charge < -0.3 is 26.0 Å². The fourth-order valence-corrected chi connectivity index (χ4v) is 6.41. The van der Waals surface area contributed by atoms with Crippen molar-refractivity contribution in [2.45, 2.75) is 24.5 Å². The molecule has 1 aromatic rings. The second-order valence-electron chi connectivity index (χ2n) is 10.3. The van der Waals surface area contributed by atoms with Gasteiger partial charge >= 0.3 is 0 Å². The van der Waals surface area contributed by atoms with Crippen LogP contribution in [0.3, 0.4) is 0 Å². The van der Waals surface area contributed by atoms with Crippen LogP contribution in [0.4, 0.5) is 5.69 Å². The van der Waals surface area contributed by atoms with Crippen molar-refractivity contribution < 1.29 is 39.3 Å². The van der Waals surface area contributed by atoms with E-state index < -0.39 is 70.5 Å². The van der Waals surface area contributed by atoms with Gasteiger partial charge in [0.1, 0.15) is 5.75 Å². The zero-order valence-electron chi connectivity index (χ0n) is 19.9. The minimum Gasteiger partial charge on any atom is -0.507 e. The first-order chi connectivity index (χ1) is 16.2. The van der Waals surface area contributed by atoms with Crippen molar-refractivity contribution in [1.82, 2.24) is 4.90 Å². The van der Waals surface area contributed by atoms with Crippen molar-refractivity contribution in [2.24, 2.45) is 28.9 Å². The molecule has 3 aliphatic carbocycles. The molecule has 5 N–H and O–H groups in total. The minimum atomic E-state index is -2.84. The highest BCUT2D eigenvalue weighted by atomic mass is 16.3. The summed E-state index contributed by atoms with van der Waals surface area (Å²) in [6, 6.07) is 1.69. The number of phenols is 1. The minimum absolute atomic E-state index is 0.0166. The molecule has 35 heavy (non-hydrogen) atoms. The van der Waals surface area contributed by atoms with E-state index >= 15 is 0 Å². The molecule has 1 amide bonds. The number of aliphatic hydroxyl groups excluding tert-OH is 1. The highest BCUT2D eigenvalue weighted by Gasteiger charge is 2.72. The molecule has 0 aliphatic heterocycles. The number of likely N-dealkylation sites (N-methyl/N-ethyl adjacent to an activating group) is 1. The summed E-state index contributed by atoms with van der Waals surface area (Å²) in [6.45, 7) is -0.647. The van der Waals surface area contributed by atoms with Gasteiger partial charge in [-0.15, -0.1) is 0 Å². The lowest BCUT2D eigenvalue weighted by atomic mass is 9.47. The standard InChI is InChI=1S/C24H29N3O8/c1-26(2)12-5-6-13(29)14-10(12)7-23(9-28)8-11-17(27(3)4)19(31)15(22(25)34)20(32)24(11,35)21(33)16(23)18(14)30/h5-6,11,15-17,28-29,35H,7-9H2,1-4H3,(H2,25,34)/t11-,15?,16?,17-,23-,24+/m0/s1. The number of nitrogens with zero attached hydrogens (tertiary/aromatic N) is 2. The average molecular weight is 488 g/mol.